The number of nitrogens with zero attached hydrogens (tertiary/aromatic N) is 1. The van der Waals surface area contributed by atoms with Crippen molar-refractivity contribution in [3.8, 4) is 17.2 Å². The van der Waals surface area contributed by atoms with E-state index in [0.717, 1.165) is 14.2 Å². The maximum atomic E-state index is 12.3. The summed E-state index contributed by atoms with van der Waals surface area (Å²) in [6.45, 7) is 0. The Kier molecular flexibility index (Phi) is 5.43. The summed E-state index contributed by atoms with van der Waals surface area (Å²) in [5.74, 6) is -0.738. The Morgan fingerprint density at radius 2 is 1.24 bits per heavy atom. The van der Waals surface area contributed by atoms with Crippen LogP contribution in [0.2, 0.25) is 0 Å². The maximum Gasteiger partial charge on any atom is 0.343 e. The fourth-order valence-corrected chi connectivity index (χ4v) is 2.18. The molecular weight excluding hydrogens is 330 g/mol. The minimum atomic E-state index is -0.862. The second-order valence-corrected chi connectivity index (χ2v) is 4.88. The Labute approximate surface area is 143 Å². The van der Waals surface area contributed by atoms with Crippen LogP contribution in [-0.2, 0) is 9.47 Å². The summed E-state index contributed by atoms with van der Waals surface area (Å²) in [6.07, 6.45) is 2.55. The quantitative estimate of drug-likeness (QED) is 0.755. The number of carbonyl (C=O) groups is 2. The minimum absolute atomic E-state index is 0.299. The second kappa shape index (κ2) is 7.52. The first kappa shape index (κ1) is 18.1. The third kappa shape index (κ3) is 3.63. The van der Waals surface area contributed by atoms with E-state index in [9.17, 15) is 14.4 Å². The van der Waals surface area contributed by atoms with Crippen LogP contribution in [0.4, 0.5) is 0 Å². The zero-order valence-electron chi connectivity index (χ0n) is 14.2. The lowest BCUT2D eigenvalue weighted by Crippen LogP contribution is -2.25. The van der Waals surface area contributed by atoms with Crippen molar-refractivity contribution < 1.29 is 28.5 Å². The Balaban J connectivity index is 2.75. The molecular formula is C17H17NO7. The zero-order valence-corrected chi connectivity index (χ0v) is 14.2. The lowest BCUT2D eigenvalue weighted by Gasteiger charge is -2.13. The summed E-state index contributed by atoms with van der Waals surface area (Å²) in [7, 11) is 5.27. The second-order valence-electron chi connectivity index (χ2n) is 4.88. The van der Waals surface area contributed by atoms with Gasteiger partial charge in [0.05, 0.1) is 34.1 Å². The van der Waals surface area contributed by atoms with Gasteiger partial charge in [-0.25, -0.2) is 9.59 Å². The van der Waals surface area contributed by atoms with Crippen molar-refractivity contribution in [3.05, 3.63) is 51.9 Å². The van der Waals surface area contributed by atoms with Gasteiger partial charge in [-0.2, -0.15) is 0 Å². The number of hydrogen-bond acceptors (Lipinski definition) is 7. The lowest BCUT2D eigenvalue weighted by molar-refractivity contribution is 0.0595. The van der Waals surface area contributed by atoms with Crippen molar-refractivity contribution in [1.29, 1.82) is 0 Å². The standard InChI is InChI=1S/C17H17NO7/c1-22-11-5-10(6-12(7-11)23-2)18-8-13(16(20)24-3)15(19)14(9-18)17(21)25-4/h5-9H,1-4H3. The summed E-state index contributed by atoms with van der Waals surface area (Å²) in [5.41, 5.74) is -0.865. The summed E-state index contributed by atoms with van der Waals surface area (Å²) in [5, 5.41) is 0. The number of pyridine rings is 1. The third-order valence-electron chi connectivity index (χ3n) is 3.47. The largest absolute Gasteiger partial charge is 0.497 e. The highest BCUT2D eigenvalue weighted by molar-refractivity contribution is 5.94. The Hall–Kier alpha value is -3.29. The number of hydrogen-bond donors (Lipinski definition) is 0. The number of carbonyl (C=O) groups excluding carboxylic acids is 2. The molecule has 25 heavy (non-hydrogen) atoms. The number of rotatable bonds is 5. The van der Waals surface area contributed by atoms with E-state index in [-0.39, 0.29) is 11.1 Å². The SMILES string of the molecule is COC(=O)c1cn(-c2cc(OC)cc(OC)c2)cc(C(=O)OC)c1=O. The molecule has 0 aliphatic carbocycles. The van der Waals surface area contributed by atoms with Crippen molar-refractivity contribution in [2.45, 2.75) is 0 Å². The molecule has 8 heteroatoms. The van der Waals surface area contributed by atoms with Crippen molar-refractivity contribution >= 4 is 11.9 Å². The monoisotopic (exact) mass is 347 g/mol. The summed E-state index contributed by atoms with van der Waals surface area (Å²) in [6, 6.07) is 4.96. The van der Waals surface area contributed by atoms with Crippen LogP contribution in [0.5, 0.6) is 11.5 Å². The Morgan fingerprint density at radius 3 is 1.60 bits per heavy atom. The topological polar surface area (TPSA) is 93.1 Å². The van der Waals surface area contributed by atoms with E-state index in [2.05, 4.69) is 9.47 Å². The summed E-state index contributed by atoms with van der Waals surface area (Å²) >= 11 is 0. The molecule has 132 valence electrons. The van der Waals surface area contributed by atoms with E-state index in [1.165, 1.54) is 31.2 Å². The van der Waals surface area contributed by atoms with Gasteiger partial charge in [0.25, 0.3) is 0 Å². The van der Waals surface area contributed by atoms with Crippen molar-refractivity contribution in [1.82, 2.24) is 4.57 Å². The van der Waals surface area contributed by atoms with Crippen LogP contribution in [0.15, 0.2) is 35.4 Å². The minimum Gasteiger partial charge on any atom is -0.497 e. The third-order valence-corrected chi connectivity index (χ3v) is 3.47. The van der Waals surface area contributed by atoms with E-state index in [4.69, 9.17) is 9.47 Å². The van der Waals surface area contributed by atoms with Gasteiger partial charge in [0.15, 0.2) is 0 Å². The van der Waals surface area contributed by atoms with Gasteiger partial charge >= 0.3 is 11.9 Å². The predicted molar refractivity (Wildman–Crippen MR) is 87.8 cm³/mol. The molecule has 0 aliphatic heterocycles. The van der Waals surface area contributed by atoms with Crippen LogP contribution in [-0.4, -0.2) is 44.9 Å². The van der Waals surface area contributed by atoms with Gasteiger partial charge in [0, 0.05) is 30.6 Å². The van der Waals surface area contributed by atoms with Gasteiger partial charge in [0.2, 0.25) is 5.43 Å². The molecule has 0 saturated heterocycles. The molecule has 1 aromatic heterocycles. The van der Waals surface area contributed by atoms with Gasteiger partial charge in [-0.3, -0.25) is 4.79 Å². The lowest BCUT2D eigenvalue weighted by atomic mass is 10.1. The number of ether oxygens (including phenoxy) is 4. The molecule has 0 fully saturated rings. The molecule has 0 spiro atoms. The van der Waals surface area contributed by atoms with Gasteiger partial charge in [-0.05, 0) is 0 Å². The molecule has 0 saturated carbocycles. The molecule has 0 radical (unpaired) electrons. The number of esters is 2. The van der Waals surface area contributed by atoms with Crippen molar-refractivity contribution in [3.63, 3.8) is 0 Å². The fraction of sp³-hybridized carbons (Fsp3) is 0.235. The van der Waals surface area contributed by atoms with Crippen LogP contribution >= 0.6 is 0 Å². The Morgan fingerprint density at radius 1 is 0.800 bits per heavy atom. The molecule has 2 aromatic rings. The molecule has 0 N–H and O–H groups in total. The van der Waals surface area contributed by atoms with Crippen molar-refractivity contribution in [2.75, 3.05) is 28.4 Å². The smallest absolute Gasteiger partial charge is 0.343 e. The van der Waals surface area contributed by atoms with E-state index < -0.39 is 17.4 Å². The molecule has 1 heterocycles. The number of aromatic nitrogens is 1. The van der Waals surface area contributed by atoms with Crippen LogP contribution in [0.3, 0.4) is 0 Å². The van der Waals surface area contributed by atoms with E-state index in [1.54, 1.807) is 18.2 Å². The highest BCUT2D eigenvalue weighted by Crippen LogP contribution is 2.25. The molecule has 2 rings (SSSR count). The van der Waals surface area contributed by atoms with Gasteiger partial charge < -0.3 is 23.5 Å². The molecule has 0 atom stereocenters. The first-order valence-electron chi connectivity index (χ1n) is 7.11. The van der Waals surface area contributed by atoms with E-state index in [0.29, 0.717) is 17.2 Å². The zero-order chi connectivity index (χ0) is 18.6. The average molecular weight is 347 g/mol. The van der Waals surface area contributed by atoms with Crippen LogP contribution < -0.4 is 14.9 Å². The summed E-state index contributed by atoms with van der Waals surface area (Å²) < 4.78 is 21.1. The highest BCUT2D eigenvalue weighted by Gasteiger charge is 2.21. The highest BCUT2D eigenvalue weighted by atomic mass is 16.5. The van der Waals surface area contributed by atoms with E-state index in [1.807, 2.05) is 0 Å². The normalized spacial score (nSPS) is 10.1. The molecule has 8 nitrogen and oxygen atoms in total. The first-order chi connectivity index (χ1) is 11.9. The van der Waals surface area contributed by atoms with Gasteiger partial charge in [0.1, 0.15) is 22.6 Å². The first-order valence-corrected chi connectivity index (χ1v) is 7.11. The molecule has 1 aromatic carbocycles. The number of benzene rings is 1. The molecule has 0 bridgehead atoms. The predicted octanol–water partition coefficient (Wildman–Crippen LogP) is 1.43. The van der Waals surface area contributed by atoms with Crippen LogP contribution in [0.25, 0.3) is 5.69 Å². The van der Waals surface area contributed by atoms with Crippen LogP contribution in [0.1, 0.15) is 20.7 Å². The van der Waals surface area contributed by atoms with Gasteiger partial charge in [-0.1, -0.05) is 0 Å². The van der Waals surface area contributed by atoms with E-state index >= 15 is 0 Å². The van der Waals surface area contributed by atoms with Crippen molar-refractivity contribution in [2.24, 2.45) is 0 Å². The van der Waals surface area contributed by atoms with Crippen LogP contribution in [0, 0.1) is 0 Å². The van der Waals surface area contributed by atoms with Gasteiger partial charge in [-0.15, -0.1) is 0 Å². The molecule has 0 aliphatic rings. The molecule has 0 unspecified atom stereocenters. The summed E-state index contributed by atoms with van der Waals surface area (Å²) in [4.78, 5) is 36.1. The maximum absolute atomic E-state index is 12.3. The Bertz CT molecular complexity index is 807. The fourth-order valence-electron chi connectivity index (χ4n) is 2.18. The average Bonchev–Trinajstić information content (AvgIpc) is 2.66. The number of methoxy groups -OCH3 is 4. The molecule has 0 amide bonds.